The number of hydrogen-bond acceptors (Lipinski definition) is 6. The number of amides is 1. The molecule has 0 saturated carbocycles. The number of halogens is 3. The molecule has 1 aromatic heterocycles. The Hall–Kier alpha value is -2.60. The lowest BCUT2D eigenvalue weighted by molar-refractivity contribution is -0.192. The van der Waals surface area contributed by atoms with E-state index in [4.69, 9.17) is 9.90 Å². The Labute approximate surface area is 160 Å². The van der Waals surface area contributed by atoms with Gasteiger partial charge in [-0.3, -0.25) is 14.7 Å². The molecule has 2 saturated heterocycles. The average molecular weight is 417 g/mol. The molecule has 2 fully saturated rings. The minimum absolute atomic E-state index is 0.0262. The van der Waals surface area contributed by atoms with E-state index in [0.29, 0.717) is 0 Å². The lowest BCUT2D eigenvalue weighted by Gasteiger charge is -2.48. The zero-order valence-corrected chi connectivity index (χ0v) is 14.8. The van der Waals surface area contributed by atoms with Crippen LogP contribution in [0, 0.1) is 5.92 Å². The van der Waals surface area contributed by atoms with Crippen molar-refractivity contribution in [1.29, 1.82) is 0 Å². The molecule has 3 N–H and O–H groups in total. The molecule has 12 heteroatoms. The lowest BCUT2D eigenvalue weighted by atomic mass is 9.82. The van der Waals surface area contributed by atoms with Crippen LogP contribution in [0.1, 0.15) is 6.42 Å². The molecule has 3 aliphatic heterocycles. The predicted octanol–water partition coefficient (Wildman–Crippen LogP) is 1.31. The molecule has 8 nitrogen and oxygen atoms in total. The highest BCUT2D eigenvalue weighted by Crippen LogP contribution is 2.51. The Morgan fingerprint density at radius 1 is 1.25 bits per heavy atom. The van der Waals surface area contributed by atoms with Crippen molar-refractivity contribution in [3.8, 4) is 0 Å². The van der Waals surface area contributed by atoms with Crippen LogP contribution in [0.15, 0.2) is 40.0 Å². The second-order valence-corrected chi connectivity index (χ2v) is 7.25. The number of alkyl halides is 3. The largest absolute Gasteiger partial charge is 0.490 e. The van der Waals surface area contributed by atoms with Gasteiger partial charge >= 0.3 is 18.1 Å². The molecular weight excluding hydrogens is 403 g/mol. The van der Waals surface area contributed by atoms with Gasteiger partial charge in [0.1, 0.15) is 11.7 Å². The van der Waals surface area contributed by atoms with E-state index in [0.717, 1.165) is 22.8 Å². The van der Waals surface area contributed by atoms with Gasteiger partial charge in [0.15, 0.2) is 0 Å². The molecule has 3 aliphatic rings. The SMILES string of the molecule is O=C(O)C(F)(F)F.O=C(O)C1=C(Sc2ccncc2)C2CCN[C@@H]3C(=O)N1[C@H]23. The zero-order chi connectivity index (χ0) is 20.6. The van der Waals surface area contributed by atoms with Crippen LogP contribution < -0.4 is 5.32 Å². The number of rotatable bonds is 3. The molecule has 0 bridgehead atoms. The van der Waals surface area contributed by atoms with Crippen LogP contribution in [-0.2, 0) is 14.4 Å². The van der Waals surface area contributed by atoms with Crippen LogP contribution in [0.25, 0.3) is 0 Å². The van der Waals surface area contributed by atoms with Crippen LogP contribution >= 0.6 is 11.8 Å². The van der Waals surface area contributed by atoms with Crippen LogP contribution in [0.2, 0.25) is 0 Å². The Bertz CT molecular complexity index is 846. The first-order chi connectivity index (χ1) is 13.1. The van der Waals surface area contributed by atoms with Crippen LogP contribution in [0.5, 0.6) is 0 Å². The lowest BCUT2D eigenvalue weighted by Crippen LogP contribution is -2.71. The van der Waals surface area contributed by atoms with E-state index >= 15 is 0 Å². The molecule has 4 heterocycles. The minimum atomic E-state index is -5.08. The highest BCUT2D eigenvalue weighted by molar-refractivity contribution is 8.03. The highest BCUT2D eigenvalue weighted by Gasteiger charge is 2.61. The molecule has 0 spiro atoms. The number of piperidine rings is 1. The fraction of sp³-hybridized carbons (Fsp3) is 0.375. The van der Waals surface area contributed by atoms with Crippen molar-refractivity contribution >= 4 is 29.6 Å². The monoisotopic (exact) mass is 417 g/mol. The van der Waals surface area contributed by atoms with Gasteiger partial charge in [-0.15, -0.1) is 0 Å². The molecule has 1 amide bonds. The third-order valence-electron chi connectivity index (χ3n) is 4.51. The van der Waals surface area contributed by atoms with E-state index < -0.39 is 18.1 Å². The number of carboxylic acids is 2. The number of carbonyl (C=O) groups is 3. The van der Waals surface area contributed by atoms with Crippen molar-refractivity contribution in [3.05, 3.63) is 35.1 Å². The number of carboxylic acid groups (broad SMARTS) is 2. The van der Waals surface area contributed by atoms with Crippen molar-refractivity contribution in [2.24, 2.45) is 5.92 Å². The Balaban J connectivity index is 0.000000279. The summed E-state index contributed by atoms with van der Waals surface area (Å²) >= 11 is 1.44. The first-order valence-corrected chi connectivity index (χ1v) is 8.86. The summed E-state index contributed by atoms with van der Waals surface area (Å²) in [5.74, 6) is -3.77. The fourth-order valence-electron chi connectivity index (χ4n) is 3.40. The summed E-state index contributed by atoms with van der Waals surface area (Å²) in [4.78, 5) is 39.8. The Kier molecular flexibility index (Phi) is 5.35. The number of hydrogen-bond donors (Lipinski definition) is 3. The molecule has 28 heavy (non-hydrogen) atoms. The van der Waals surface area contributed by atoms with Gasteiger partial charge in [0.25, 0.3) is 0 Å². The highest BCUT2D eigenvalue weighted by atomic mass is 32.2. The standard InChI is InChI=1S/C14H13N3O3S.C2HF3O2/c18-13-9-10-8(3-6-16-9)12(11(14(19)20)17(10)13)21-7-1-4-15-5-2-7;3-2(4,5)1(6)7/h1-2,4-5,8-10,16H,3,6H2,(H,19,20);(H,6,7)/t8?,9-,10+;/m0./s1. The molecule has 0 aromatic carbocycles. The fourth-order valence-corrected chi connectivity index (χ4v) is 4.60. The average Bonchev–Trinajstić information content (AvgIpc) is 2.95. The van der Waals surface area contributed by atoms with Crippen LogP contribution in [-0.4, -0.2) is 62.7 Å². The molecular formula is C16H14F3N3O5S. The molecule has 0 aliphatic carbocycles. The molecule has 0 radical (unpaired) electrons. The smallest absolute Gasteiger partial charge is 0.477 e. The number of pyridine rings is 1. The maximum absolute atomic E-state index is 12.1. The molecule has 150 valence electrons. The van der Waals surface area contributed by atoms with E-state index in [1.807, 2.05) is 12.1 Å². The van der Waals surface area contributed by atoms with E-state index in [1.165, 1.54) is 16.7 Å². The predicted molar refractivity (Wildman–Crippen MR) is 89.0 cm³/mol. The first-order valence-electron chi connectivity index (χ1n) is 8.05. The first kappa shape index (κ1) is 20.1. The maximum atomic E-state index is 12.1. The van der Waals surface area contributed by atoms with Crippen molar-refractivity contribution < 1.29 is 37.8 Å². The number of carbonyl (C=O) groups excluding carboxylic acids is 1. The van der Waals surface area contributed by atoms with Gasteiger partial charge in [0.2, 0.25) is 5.91 Å². The number of aliphatic carboxylic acids is 2. The van der Waals surface area contributed by atoms with Crippen LogP contribution in [0.4, 0.5) is 13.2 Å². The number of nitrogens with one attached hydrogen (secondary N) is 1. The van der Waals surface area contributed by atoms with Crippen molar-refractivity contribution in [2.45, 2.75) is 29.6 Å². The summed E-state index contributed by atoms with van der Waals surface area (Å²) < 4.78 is 31.7. The Morgan fingerprint density at radius 3 is 2.39 bits per heavy atom. The van der Waals surface area contributed by atoms with Gasteiger partial charge in [-0.25, -0.2) is 9.59 Å². The normalized spacial score (nSPS) is 25.5. The quantitative estimate of drug-likeness (QED) is 0.630. The minimum Gasteiger partial charge on any atom is -0.477 e. The summed E-state index contributed by atoms with van der Waals surface area (Å²) in [6.45, 7) is 0.749. The Morgan fingerprint density at radius 2 is 1.86 bits per heavy atom. The topological polar surface area (TPSA) is 120 Å². The summed E-state index contributed by atoms with van der Waals surface area (Å²) in [6.07, 6.45) is -0.859. The number of β-lactam (4-membered cyclic amide) rings is 1. The molecule has 1 unspecified atom stereocenters. The summed E-state index contributed by atoms with van der Waals surface area (Å²) in [7, 11) is 0. The van der Waals surface area contributed by atoms with Gasteiger partial charge in [0.05, 0.1) is 6.04 Å². The molecule has 1 aromatic rings. The van der Waals surface area contributed by atoms with E-state index in [1.54, 1.807) is 12.4 Å². The number of nitrogens with zero attached hydrogens (tertiary/aromatic N) is 2. The third kappa shape index (κ3) is 3.56. The summed E-state index contributed by atoms with van der Waals surface area (Å²) in [5, 5.41) is 19.8. The molecule has 3 atom stereocenters. The number of thioether (sulfide) groups is 1. The zero-order valence-electron chi connectivity index (χ0n) is 14.0. The number of aromatic nitrogens is 1. The maximum Gasteiger partial charge on any atom is 0.490 e. The van der Waals surface area contributed by atoms with E-state index in [2.05, 4.69) is 10.3 Å². The van der Waals surface area contributed by atoms with Gasteiger partial charge in [-0.1, -0.05) is 11.8 Å². The van der Waals surface area contributed by atoms with Gasteiger partial charge in [0, 0.05) is 28.1 Å². The summed E-state index contributed by atoms with van der Waals surface area (Å²) in [6, 6.07) is 3.47. The van der Waals surface area contributed by atoms with Gasteiger partial charge in [-0.2, -0.15) is 13.2 Å². The van der Waals surface area contributed by atoms with Crippen LogP contribution in [0.3, 0.4) is 0 Å². The second-order valence-electron chi connectivity index (χ2n) is 6.13. The van der Waals surface area contributed by atoms with Crippen molar-refractivity contribution in [3.63, 3.8) is 0 Å². The van der Waals surface area contributed by atoms with E-state index in [9.17, 15) is 27.9 Å². The van der Waals surface area contributed by atoms with Crippen molar-refractivity contribution in [2.75, 3.05) is 6.54 Å². The summed E-state index contributed by atoms with van der Waals surface area (Å²) in [5.41, 5.74) is 0.164. The third-order valence-corrected chi connectivity index (χ3v) is 5.73. The van der Waals surface area contributed by atoms with Gasteiger partial charge in [-0.05, 0) is 25.1 Å². The second kappa shape index (κ2) is 7.43. The van der Waals surface area contributed by atoms with E-state index in [-0.39, 0.29) is 29.6 Å². The van der Waals surface area contributed by atoms with Crippen molar-refractivity contribution in [1.82, 2.24) is 15.2 Å². The van der Waals surface area contributed by atoms with Gasteiger partial charge < -0.3 is 15.5 Å². The molecule has 4 rings (SSSR count).